The van der Waals surface area contributed by atoms with Gasteiger partial charge in [0.05, 0.1) is 0 Å². The lowest BCUT2D eigenvalue weighted by molar-refractivity contribution is -0.131. The molecule has 3 heteroatoms. The highest BCUT2D eigenvalue weighted by atomic mass is 16.4. The predicted octanol–water partition coefficient (Wildman–Crippen LogP) is 3.43. The molecular weight excluding hydrogens is 240 g/mol. The molecule has 0 saturated carbocycles. The van der Waals surface area contributed by atoms with E-state index in [0.717, 1.165) is 23.1 Å². The normalized spacial score (nSPS) is 18.1. The number of rotatable bonds is 2. The number of fused-ring (bicyclic) bond motifs is 1. The molecule has 0 spiro atoms. The number of allylic oxidation sites excluding steroid dienone is 1. The van der Waals surface area contributed by atoms with E-state index in [2.05, 4.69) is 13.8 Å². The van der Waals surface area contributed by atoms with Gasteiger partial charge in [0.2, 0.25) is 0 Å². The number of carboxylic acids is 1. The lowest BCUT2D eigenvalue weighted by Crippen LogP contribution is -2.27. The van der Waals surface area contributed by atoms with Crippen LogP contribution in [0, 0.1) is 0 Å². The molecule has 1 aromatic rings. The number of benzene rings is 1. The number of Topliss-reactive ketones (excluding diaryl/α,β-unsaturated/α-hetero) is 1. The predicted molar refractivity (Wildman–Crippen MR) is 74.3 cm³/mol. The van der Waals surface area contributed by atoms with Crippen molar-refractivity contribution >= 4 is 17.3 Å². The minimum atomic E-state index is -0.970. The zero-order valence-electron chi connectivity index (χ0n) is 11.5. The summed E-state index contributed by atoms with van der Waals surface area (Å²) in [5, 5.41) is 8.78. The lowest BCUT2D eigenvalue weighted by atomic mass is 9.72. The van der Waals surface area contributed by atoms with Gasteiger partial charge in [-0.25, -0.2) is 4.79 Å². The second kappa shape index (κ2) is 4.65. The largest absolute Gasteiger partial charge is 0.478 e. The fourth-order valence-corrected chi connectivity index (χ4v) is 2.57. The monoisotopic (exact) mass is 258 g/mol. The van der Waals surface area contributed by atoms with Crippen LogP contribution in [0.4, 0.5) is 0 Å². The molecule has 0 fully saturated rings. The van der Waals surface area contributed by atoms with Crippen molar-refractivity contribution in [3.05, 3.63) is 41.0 Å². The third-order valence-electron chi connectivity index (χ3n) is 3.82. The van der Waals surface area contributed by atoms with E-state index in [1.54, 1.807) is 6.92 Å². The summed E-state index contributed by atoms with van der Waals surface area (Å²) in [7, 11) is 0. The summed E-state index contributed by atoms with van der Waals surface area (Å²) >= 11 is 0. The van der Waals surface area contributed by atoms with Gasteiger partial charge in [0.15, 0.2) is 5.78 Å². The minimum Gasteiger partial charge on any atom is -0.478 e. The number of aliphatic carboxylic acids is 1. The zero-order valence-corrected chi connectivity index (χ0v) is 11.5. The van der Waals surface area contributed by atoms with Crippen molar-refractivity contribution in [2.24, 2.45) is 0 Å². The Balaban J connectivity index is 2.52. The maximum absolute atomic E-state index is 12.0. The van der Waals surface area contributed by atoms with Crippen molar-refractivity contribution in [3.8, 4) is 0 Å². The summed E-state index contributed by atoms with van der Waals surface area (Å²) in [6.07, 6.45) is 2.59. The quantitative estimate of drug-likeness (QED) is 0.827. The van der Waals surface area contributed by atoms with Crippen molar-refractivity contribution in [2.45, 2.75) is 39.0 Å². The molecule has 3 nitrogen and oxygen atoms in total. The van der Waals surface area contributed by atoms with Gasteiger partial charge in [-0.3, -0.25) is 4.79 Å². The molecule has 0 amide bonds. The van der Waals surface area contributed by atoms with Crippen LogP contribution in [0.15, 0.2) is 24.3 Å². The van der Waals surface area contributed by atoms with E-state index in [1.807, 2.05) is 18.2 Å². The molecule has 0 radical (unpaired) electrons. The summed E-state index contributed by atoms with van der Waals surface area (Å²) in [6, 6.07) is 5.68. The fraction of sp³-hybridized carbons (Fsp3) is 0.375. The van der Waals surface area contributed by atoms with Crippen molar-refractivity contribution < 1.29 is 14.7 Å². The Bertz CT molecular complexity index is 580. The molecule has 100 valence electrons. The molecule has 1 aromatic carbocycles. The Labute approximate surface area is 113 Å². The van der Waals surface area contributed by atoms with Crippen LogP contribution in [-0.2, 0) is 10.2 Å². The van der Waals surface area contributed by atoms with Gasteiger partial charge < -0.3 is 5.11 Å². The Hall–Kier alpha value is -1.90. The van der Waals surface area contributed by atoms with E-state index in [0.29, 0.717) is 12.0 Å². The van der Waals surface area contributed by atoms with Crippen LogP contribution in [0.3, 0.4) is 0 Å². The summed E-state index contributed by atoms with van der Waals surface area (Å²) in [5.41, 5.74) is 3.27. The minimum absolute atomic E-state index is 0.00614. The molecular formula is C16H18O3. The summed E-state index contributed by atoms with van der Waals surface area (Å²) < 4.78 is 0. The van der Waals surface area contributed by atoms with E-state index in [4.69, 9.17) is 5.11 Å². The van der Waals surface area contributed by atoms with Gasteiger partial charge in [-0.1, -0.05) is 26.0 Å². The topological polar surface area (TPSA) is 54.4 Å². The molecule has 0 heterocycles. The maximum atomic E-state index is 12.0. The van der Waals surface area contributed by atoms with E-state index in [1.165, 1.54) is 6.08 Å². The molecule has 2 rings (SSSR count). The standard InChI is InChI=1S/C16H18O3/c1-10(8-15(18)19)11-4-5-13-12(9-11)14(17)6-7-16(13,2)3/h4-5,8-9H,6-7H2,1-3H3,(H,18,19). The number of carbonyl (C=O) groups excluding carboxylic acids is 1. The highest BCUT2D eigenvalue weighted by Crippen LogP contribution is 2.37. The Morgan fingerprint density at radius 1 is 1.37 bits per heavy atom. The summed E-state index contributed by atoms with van der Waals surface area (Å²) in [5.74, 6) is -0.818. The van der Waals surface area contributed by atoms with Crippen LogP contribution in [-0.4, -0.2) is 16.9 Å². The molecule has 0 aromatic heterocycles. The Kier molecular flexibility index (Phi) is 3.31. The molecule has 1 N–H and O–H groups in total. The fourth-order valence-electron chi connectivity index (χ4n) is 2.57. The summed E-state index contributed by atoms with van der Waals surface area (Å²) in [6.45, 7) is 6.02. The van der Waals surface area contributed by atoms with Crippen LogP contribution in [0.2, 0.25) is 0 Å². The van der Waals surface area contributed by atoms with Crippen LogP contribution in [0.5, 0.6) is 0 Å². The van der Waals surface area contributed by atoms with Crippen molar-refractivity contribution in [1.29, 1.82) is 0 Å². The van der Waals surface area contributed by atoms with Crippen molar-refractivity contribution in [2.75, 3.05) is 0 Å². The van der Waals surface area contributed by atoms with Gasteiger partial charge in [0, 0.05) is 18.1 Å². The van der Waals surface area contributed by atoms with E-state index < -0.39 is 5.97 Å². The molecule has 19 heavy (non-hydrogen) atoms. The first-order valence-corrected chi connectivity index (χ1v) is 6.40. The van der Waals surface area contributed by atoms with Gasteiger partial charge in [0.1, 0.15) is 0 Å². The Morgan fingerprint density at radius 3 is 2.68 bits per heavy atom. The average Bonchev–Trinajstić information content (AvgIpc) is 2.33. The second-order valence-corrected chi connectivity index (χ2v) is 5.73. The van der Waals surface area contributed by atoms with Crippen LogP contribution < -0.4 is 0 Å². The molecule has 0 saturated heterocycles. The van der Waals surface area contributed by atoms with E-state index >= 15 is 0 Å². The Morgan fingerprint density at radius 2 is 2.05 bits per heavy atom. The van der Waals surface area contributed by atoms with Crippen LogP contribution >= 0.6 is 0 Å². The first-order valence-electron chi connectivity index (χ1n) is 6.40. The van der Waals surface area contributed by atoms with Crippen molar-refractivity contribution in [1.82, 2.24) is 0 Å². The number of hydrogen-bond acceptors (Lipinski definition) is 2. The number of carbonyl (C=O) groups is 2. The van der Waals surface area contributed by atoms with Gasteiger partial charge >= 0.3 is 5.97 Å². The van der Waals surface area contributed by atoms with Gasteiger partial charge in [-0.05, 0) is 41.5 Å². The SMILES string of the molecule is CC(=CC(=O)O)c1ccc2c(c1)C(=O)CCC2(C)C. The maximum Gasteiger partial charge on any atom is 0.328 e. The molecule has 0 bridgehead atoms. The van der Waals surface area contributed by atoms with Gasteiger partial charge in [-0.2, -0.15) is 0 Å². The highest BCUT2D eigenvalue weighted by molar-refractivity contribution is 6.00. The lowest BCUT2D eigenvalue weighted by Gasteiger charge is -2.32. The van der Waals surface area contributed by atoms with Gasteiger partial charge in [0.25, 0.3) is 0 Å². The van der Waals surface area contributed by atoms with Crippen LogP contribution in [0.1, 0.15) is 55.1 Å². The number of carboxylic acid groups (broad SMARTS) is 1. The smallest absolute Gasteiger partial charge is 0.328 e. The van der Waals surface area contributed by atoms with Crippen LogP contribution in [0.25, 0.3) is 5.57 Å². The third-order valence-corrected chi connectivity index (χ3v) is 3.82. The third kappa shape index (κ3) is 2.60. The first kappa shape index (κ1) is 13.5. The second-order valence-electron chi connectivity index (χ2n) is 5.73. The molecule has 0 aliphatic heterocycles. The molecule has 0 atom stereocenters. The molecule has 1 aliphatic rings. The first-order chi connectivity index (χ1) is 8.81. The van der Waals surface area contributed by atoms with E-state index in [9.17, 15) is 9.59 Å². The number of ketones is 1. The van der Waals surface area contributed by atoms with Gasteiger partial charge in [-0.15, -0.1) is 0 Å². The number of hydrogen-bond donors (Lipinski definition) is 1. The van der Waals surface area contributed by atoms with E-state index in [-0.39, 0.29) is 11.2 Å². The molecule has 1 aliphatic carbocycles. The van der Waals surface area contributed by atoms with Crippen molar-refractivity contribution in [3.63, 3.8) is 0 Å². The molecule has 0 unspecified atom stereocenters. The average molecular weight is 258 g/mol. The summed E-state index contributed by atoms with van der Waals surface area (Å²) in [4.78, 5) is 22.7. The highest BCUT2D eigenvalue weighted by Gasteiger charge is 2.31. The zero-order chi connectivity index (χ0) is 14.2.